The van der Waals surface area contributed by atoms with Gasteiger partial charge in [0.25, 0.3) is 5.91 Å². The number of hydrogen-bond donors (Lipinski definition) is 0. The predicted octanol–water partition coefficient (Wildman–Crippen LogP) is 3.94. The molecule has 1 aliphatic heterocycles. The van der Waals surface area contributed by atoms with E-state index in [1.807, 2.05) is 24.3 Å². The van der Waals surface area contributed by atoms with E-state index >= 15 is 0 Å². The summed E-state index contributed by atoms with van der Waals surface area (Å²) < 4.78 is 1.03. The Balaban J connectivity index is 1.61. The third-order valence-electron chi connectivity index (χ3n) is 5.72. The van der Waals surface area contributed by atoms with Gasteiger partial charge in [0.15, 0.2) is 5.13 Å². The molecule has 2 heterocycles. The number of anilines is 2. The molecule has 1 aromatic heterocycles. The molecule has 0 radical (unpaired) electrons. The molecule has 1 aliphatic rings. The standard InChI is InChI=1S/C24H26N4O3S/c1-3-26(4-2)15-16-27(24-25-19-7-5-6-8-20(19)32-24)23(31)17-9-11-18(12-10-17)28-21(29)13-14-22(28)30/h5-12H,3-4,13-16H2,1-2H3. The number of fused-ring (bicyclic) bond motifs is 1. The second-order valence-electron chi connectivity index (χ2n) is 7.62. The Morgan fingerprint density at radius 1 is 0.969 bits per heavy atom. The first-order chi connectivity index (χ1) is 15.5. The van der Waals surface area contributed by atoms with Crippen molar-refractivity contribution >= 4 is 50.1 Å². The largest absolute Gasteiger partial charge is 0.302 e. The summed E-state index contributed by atoms with van der Waals surface area (Å²) in [4.78, 5) is 47.4. The van der Waals surface area contributed by atoms with Crippen LogP contribution in [0.15, 0.2) is 48.5 Å². The lowest BCUT2D eigenvalue weighted by Crippen LogP contribution is -2.39. The zero-order valence-electron chi connectivity index (χ0n) is 18.3. The number of hydrogen-bond acceptors (Lipinski definition) is 6. The minimum atomic E-state index is -0.204. The topological polar surface area (TPSA) is 73.8 Å². The highest BCUT2D eigenvalue weighted by atomic mass is 32.1. The molecule has 0 spiro atoms. The molecule has 7 nitrogen and oxygen atoms in total. The molecule has 4 rings (SSSR count). The molecule has 0 N–H and O–H groups in total. The number of likely N-dealkylation sites (N-methyl/N-ethyl adjacent to an activating group) is 1. The maximum atomic E-state index is 13.5. The molecule has 32 heavy (non-hydrogen) atoms. The Morgan fingerprint density at radius 3 is 2.25 bits per heavy atom. The lowest BCUT2D eigenvalue weighted by atomic mass is 10.1. The molecule has 3 aromatic rings. The summed E-state index contributed by atoms with van der Waals surface area (Å²) in [5.41, 5.74) is 1.87. The number of para-hydroxylation sites is 1. The zero-order valence-corrected chi connectivity index (χ0v) is 19.1. The van der Waals surface area contributed by atoms with Crippen LogP contribution in [0.1, 0.15) is 37.0 Å². The SMILES string of the molecule is CCN(CC)CCN(C(=O)c1ccc(N2C(=O)CCC2=O)cc1)c1nc2ccccc2s1. The van der Waals surface area contributed by atoms with Crippen LogP contribution >= 0.6 is 11.3 Å². The van der Waals surface area contributed by atoms with Crippen LogP contribution < -0.4 is 9.80 Å². The van der Waals surface area contributed by atoms with Gasteiger partial charge >= 0.3 is 0 Å². The van der Waals surface area contributed by atoms with E-state index in [0.29, 0.717) is 22.9 Å². The first-order valence-electron chi connectivity index (χ1n) is 10.9. The first-order valence-corrected chi connectivity index (χ1v) is 11.7. The molecule has 166 valence electrons. The monoisotopic (exact) mass is 450 g/mol. The van der Waals surface area contributed by atoms with Crippen LogP contribution in [-0.2, 0) is 9.59 Å². The normalized spacial score (nSPS) is 14.0. The molecule has 8 heteroatoms. The fraction of sp³-hybridized carbons (Fsp3) is 0.333. The molecule has 1 fully saturated rings. The number of amides is 3. The first kappa shape index (κ1) is 22.1. The van der Waals surface area contributed by atoms with Crippen molar-refractivity contribution in [2.45, 2.75) is 26.7 Å². The van der Waals surface area contributed by atoms with Crippen LogP contribution in [0.3, 0.4) is 0 Å². The summed E-state index contributed by atoms with van der Waals surface area (Å²) in [6.45, 7) is 7.28. The van der Waals surface area contributed by atoms with Gasteiger partial charge in [-0.2, -0.15) is 0 Å². The van der Waals surface area contributed by atoms with Crippen molar-refractivity contribution in [3.8, 4) is 0 Å². The molecule has 0 saturated carbocycles. The van der Waals surface area contributed by atoms with E-state index in [0.717, 1.165) is 29.9 Å². The molecule has 3 amide bonds. The van der Waals surface area contributed by atoms with Gasteiger partial charge in [-0.25, -0.2) is 4.98 Å². The summed E-state index contributed by atoms with van der Waals surface area (Å²) in [6, 6.07) is 14.5. The smallest absolute Gasteiger partial charge is 0.260 e. The average Bonchev–Trinajstić information content (AvgIpc) is 3.39. The molecule has 0 aliphatic carbocycles. The van der Waals surface area contributed by atoms with E-state index in [-0.39, 0.29) is 30.6 Å². The van der Waals surface area contributed by atoms with Crippen molar-refractivity contribution in [1.82, 2.24) is 9.88 Å². The maximum Gasteiger partial charge on any atom is 0.260 e. The molecule has 1 saturated heterocycles. The van der Waals surface area contributed by atoms with Crippen LogP contribution in [-0.4, -0.2) is 53.8 Å². The second-order valence-corrected chi connectivity index (χ2v) is 8.63. The summed E-state index contributed by atoms with van der Waals surface area (Å²) in [6.07, 6.45) is 0.465. The summed E-state index contributed by atoms with van der Waals surface area (Å²) in [5.74, 6) is -0.560. The fourth-order valence-corrected chi connectivity index (χ4v) is 4.80. The van der Waals surface area contributed by atoms with E-state index in [1.165, 1.54) is 16.2 Å². The third kappa shape index (κ3) is 4.42. The third-order valence-corrected chi connectivity index (χ3v) is 6.78. The lowest BCUT2D eigenvalue weighted by Gasteiger charge is -2.25. The Hall–Kier alpha value is -3.10. The number of carbonyl (C=O) groups excluding carboxylic acids is 3. The molecule has 0 bridgehead atoms. The van der Waals surface area contributed by atoms with Gasteiger partial charge in [-0.15, -0.1) is 0 Å². The Bertz CT molecular complexity index is 1090. The van der Waals surface area contributed by atoms with E-state index in [1.54, 1.807) is 29.2 Å². The molecule has 0 atom stereocenters. The van der Waals surface area contributed by atoms with Gasteiger partial charge in [-0.3, -0.25) is 24.2 Å². The van der Waals surface area contributed by atoms with Gasteiger partial charge in [-0.1, -0.05) is 37.3 Å². The van der Waals surface area contributed by atoms with E-state index in [2.05, 4.69) is 18.7 Å². The zero-order chi connectivity index (χ0) is 22.7. The predicted molar refractivity (Wildman–Crippen MR) is 127 cm³/mol. The fourth-order valence-electron chi connectivity index (χ4n) is 3.81. The molecular formula is C24H26N4O3S. The van der Waals surface area contributed by atoms with Crippen molar-refractivity contribution in [3.05, 3.63) is 54.1 Å². The van der Waals surface area contributed by atoms with Crippen molar-refractivity contribution in [3.63, 3.8) is 0 Å². The van der Waals surface area contributed by atoms with Crippen molar-refractivity contribution in [2.24, 2.45) is 0 Å². The van der Waals surface area contributed by atoms with Gasteiger partial charge in [0.05, 0.1) is 15.9 Å². The van der Waals surface area contributed by atoms with Crippen molar-refractivity contribution < 1.29 is 14.4 Å². The number of imide groups is 1. The lowest BCUT2D eigenvalue weighted by molar-refractivity contribution is -0.121. The Morgan fingerprint density at radius 2 is 1.62 bits per heavy atom. The van der Waals surface area contributed by atoms with Gasteiger partial charge in [0, 0.05) is 31.5 Å². The quantitative estimate of drug-likeness (QED) is 0.486. The highest BCUT2D eigenvalue weighted by molar-refractivity contribution is 7.22. The van der Waals surface area contributed by atoms with Crippen LogP contribution in [0.2, 0.25) is 0 Å². The summed E-state index contributed by atoms with van der Waals surface area (Å²) >= 11 is 1.50. The van der Waals surface area contributed by atoms with Crippen LogP contribution in [0, 0.1) is 0 Å². The number of nitrogens with zero attached hydrogens (tertiary/aromatic N) is 4. The summed E-state index contributed by atoms with van der Waals surface area (Å²) in [5, 5.41) is 0.664. The van der Waals surface area contributed by atoms with E-state index < -0.39 is 0 Å². The molecule has 2 aromatic carbocycles. The van der Waals surface area contributed by atoms with Gasteiger partial charge < -0.3 is 4.90 Å². The minimum absolute atomic E-state index is 0.151. The van der Waals surface area contributed by atoms with Crippen LogP contribution in [0.4, 0.5) is 10.8 Å². The summed E-state index contributed by atoms with van der Waals surface area (Å²) in [7, 11) is 0. The van der Waals surface area contributed by atoms with E-state index in [4.69, 9.17) is 4.98 Å². The maximum absolute atomic E-state index is 13.5. The number of aromatic nitrogens is 1. The van der Waals surface area contributed by atoms with Gasteiger partial charge in [0.2, 0.25) is 11.8 Å². The Labute approximate surface area is 191 Å². The molecule has 0 unspecified atom stereocenters. The number of benzene rings is 2. The van der Waals surface area contributed by atoms with Gasteiger partial charge in [0.1, 0.15) is 0 Å². The molecular weight excluding hydrogens is 424 g/mol. The van der Waals surface area contributed by atoms with Crippen molar-refractivity contribution in [2.75, 3.05) is 36.0 Å². The average molecular weight is 451 g/mol. The van der Waals surface area contributed by atoms with Crippen LogP contribution in [0.25, 0.3) is 10.2 Å². The Kier molecular flexibility index (Phi) is 6.62. The highest BCUT2D eigenvalue weighted by Crippen LogP contribution is 2.30. The highest BCUT2D eigenvalue weighted by Gasteiger charge is 2.30. The number of rotatable bonds is 8. The minimum Gasteiger partial charge on any atom is -0.302 e. The van der Waals surface area contributed by atoms with E-state index in [9.17, 15) is 14.4 Å². The van der Waals surface area contributed by atoms with Crippen molar-refractivity contribution in [1.29, 1.82) is 0 Å². The number of carbonyl (C=O) groups is 3. The van der Waals surface area contributed by atoms with Gasteiger partial charge in [-0.05, 0) is 49.5 Å². The number of thiazole rings is 1. The van der Waals surface area contributed by atoms with Crippen LogP contribution in [0.5, 0.6) is 0 Å². The second kappa shape index (κ2) is 9.58.